The molecule has 0 bridgehead atoms. The van der Waals surface area contributed by atoms with Gasteiger partial charge in [0.15, 0.2) is 0 Å². The molecule has 45 valence electrons. The first kappa shape index (κ1) is 7.52. The molecule has 1 radical (unpaired) electrons. The fourth-order valence-electron chi connectivity index (χ4n) is 0.279. The van der Waals surface area contributed by atoms with Crippen molar-refractivity contribution in [2.24, 2.45) is 0 Å². The van der Waals surface area contributed by atoms with Crippen molar-refractivity contribution in [1.82, 2.24) is 0 Å². The Hall–Kier alpha value is -0.480. The first-order chi connectivity index (χ1) is 3.56. The topological polar surface area (TPSA) is 20.2 Å². The van der Waals surface area contributed by atoms with Gasteiger partial charge >= 0.3 is 0 Å². The lowest BCUT2D eigenvalue weighted by Gasteiger charge is -2.05. The first-order valence-corrected chi connectivity index (χ1v) is 2.58. The van der Waals surface area contributed by atoms with Crippen LogP contribution in [0.4, 0.5) is 0 Å². The molecule has 0 amide bonds. The zero-order valence-corrected chi connectivity index (χ0v) is 5.36. The van der Waals surface area contributed by atoms with Crippen molar-refractivity contribution in [2.75, 3.05) is 0 Å². The minimum absolute atomic E-state index is 0.560. The zero-order valence-electron chi connectivity index (χ0n) is 5.36. The Morgan fingerprint density at radius 1 is 1.62 bits per heavy atom. The largest absolute Gasteiger partial charge is 0.378 e. The van der Waals surface area contributed by atoms with Crippen LogP contribution in [0.1, 0.15) is 20.3 Å². The standard InChI is InChI=1S/C7H11O/c1-4-5-6-7(2,3)8/h8H,1,4H2,2-3H3. The van der Waals surface area contributed by atoms with Gasteiger partial charge in [-0.1, -0.05) is 5.92 Å². The summed E-state index contributed by atoms with van der Waals surface area (Å²) in [6, 6.07) is 0. The summed E-state index contributed by atoms with van der Waals surface area (Å²) in [5, 5.41) is 8.95. The van der Waals surface area contributed by atoms with Gasteiger partial charge in [0.05, 0.1) is 0 Å². The van der Waals surface area contributed by atoms with Crippen LogP contribution in [0.2, 0.25) is 0 Å². The van der Waals surface area contributed by atoms with Crippen LogP contribution in [-0.4, -0.2) is 10.7 Å². The number of aliphatic hydroxyl groups is 1. The van der Waals surface area contributed by atoms with E-state index in [1.807, 2.05) is 0 Å². The molecule has 0 saturated carbocycles. The molecule has 0 aromatic carbocycles. The molecular weight excluding hydrogens is 100 g/mol. The zero-order chi connectivity index (χ0) is 6.62. The predicted octanol–water partition coefficient (Wildman–Crippen LogP) is 0.985. The van der Waals surface area contributed by atoms with Crippen LogP contribution >= 0.6 is 0 Å². The highest BCUT2D eigenvalue weighted by atomic mass is 16.3. The molecule has 1 N–H and O–H groups in total. The van der Waals surface area contributed by atoms with Crippen molar-refractivity contribution >= 4 is 0 Å². The lowest BCUT2D eigenvalue weighted by Crippen LogP contribution is -2.14. The molecule has 0 spiro atoms. The molecule has 1 heteroatoms. The van der Waals surface area contributed by atoms with Crippen LogP contribution in [0.15, 0.2) is 0 Å². The van der Waals surface area contributed by atoms with Gasteiger partial charge in [-0.3, -0.25) is 0 Å². The Morgan fingerprint density at radius 3 is 2.25 bits per heavy atom. The Bertz CT molecular complexity index is 109. The number of rotatable bonds is 0. The molecular formula is C7H11O. The van der Waals surface area contributed by atoms with Gasteiger partial charge in [-0.15, -0.1) is 5.92 Å². The third-order valence-electron chi connectivity index (χ3n) is 0.519. The molecule has 0 fully saturated rings. The van der Waals surface area contributed by atoms with E-state index in [9.17, 15) is 0 Å². The quantitative estimate of drug-likeness (QED) is 0.462. The van der Waals surface area contributed by atoms with E-state index < -0.39 is 5.60 Å². The van der Waals surface area contributed by atoms with Gasteiger partial charge in [-0.05, 0) is 20.8 Å². The molecule has 0 aliphatic heterocycles. The van der Waals surface area contributed by atoms with Crippen LogP contribution in [0.5, 0.6) is 0 Å². The highest BCUT2D eigenvalue weighted by molar-refractivity contribution is 5.09. The molecule has 0 aliphatic carbocycles. The SMILES string of the molecule is [CH2]CC#CC(C)(C)O. The summed E-state index contributed by atoms with van der Waals surface area (Å²) in [5.74, 6) is 5.29. The van der Waals surface area contributed by atoms with Gasteiger partial charge in [0.25, 0.3) is 0 Å². The van der Waals surface area contributed by atoms with Crippen LogP contribution in [0.3, 0.4) is 0 Å². The van der Waals surface area contributed by atoms with Crippen LogP contribution in [0, 0.1) is 18.8 Å². The van der Waals surface area contributed by atoms with Gasteiger partial charge in [0.1, 0.15) is 5.60 Å². The van der Waals surface area contributed by atoms with Gasteiger partial charge in [-0.25, -0.2) is 0 Å². The van der Waals surface area contributed by atoms with Crippen molar-refractivity contribution in [1.29, 1.82) is 0 Å². The van der Waals surface area contributed by atoms with Crippen molar-refractivity contribution in [3.63, 3.8) is 0 Å². The maximum Gasteiger partial charge on any atom is 0.119 e. The maximum atomic E-state index is 8.95. The molecule has 1 nitrogen and oxygen atoms in total. The molecule has 0 unspecified atom stereocenters. The summed E-state index contributed by atoms with van der Waals surface area (Å²) in [6.07, 6.45) is 0.560. The number of hydrogen-bond donors (Lipinski definition) is 1. The lowest BCUT2D eigenvalue weighted by atomic mass is 10.1. The minimum atomic E-state index is -0.850. The monoisotopic (exact) mass is 111 g/mol. The second kappa shape index (κ2) is 2.74. The third kappa shape index (κ3) is 5.52. The fraction of sp³-hybridized carbons (Fsp3) is 0.571. The summed E-state index contributed by atoms with van der Waals surface area (Å²) >= 11 is 0. The normalized spacial score (nSPS) is 10.0. The van der Waals surface area contributed by atoms with Crippen molar-refractivity contribution in [3.8, 4) is 11.8 Å². The predicted molar refractivity (Wildman–Crippen MR) is 34.0 cm³/mol. The van der Waals surface area contributed by atoms with Crippen molar-refractivity contribution < 1.29 is 5.11 Å². The summed E-state index contributed by atoms with van der Waals surface area (Å²) in [4.78, 5) is 0. The van der Waals surface area contributed by atoms with Crippen LogP contribution in [0.25, 0.3) is 0 Å². The third-order valence-corrected chi connectivity index (χ3v) is 0.519. The van der Waals surface area contributed by atoms with Gasteiger partial charge in [0.2, 0.25) is 0 Å². The van der Waals surface area contributed by atoms with E-state index in [0.717, 1.165) is 0 Å². The fourth-order valence-corrected chi connectivity index (χ4v) is 0.279. The molecule has 0 rings (SSSR count). The van der Waals surface area contributed by atoms with Crippen molar-refractivity contribution in [2.45, 2.75) is 25.9 Å². The van der Waals surface area contributed by atoms with Gasteiger partial charge in [-0.2, -0.15) is 0 Å². The smallest absolute Gasteiger partial charge is 0.119 e. The Kier molecular flexibility index (Phi) is 2.57. The highest BCUT2D eigenvalue weighted by Crippen LogP contribution is 1.95. The Morgan fingerprint density at radius 2 is 2.12 bits per heavy atom. The van der Waals surface area contributed by atoms with E-state index in [2.05, 4.69) is 18.8 Å². The van der Waals surface area contributed by atoms with E-state index in [-0.39, 0.29) is 0 Å². The Labute approximate surface area is 50.7 Å². The summed E-state index contributed by atoms with van der Waals surface area (Å²) in [5.41, 5.74) is -0.850. The highest BCUT2D eigenvalue weighted by Gasteiger charge is 2.04. The molecule has 0 aromatic rings. The van der Waals surface area contributed by atoms with E-state index in [1.165, 1.54) is 0 Å². The Balaban J connectivity index is 3.69. The molecule has 0 saturated heterocycles. The molecule has 0 atom stereocenters. The van der Waals surface area contributed by atoms with Crippen LogP contribution < -0.4 is 0 Å². The first-order valence-electron chi connectivity index (χ1n) is 2.58. The second-order valence-corrected chi connectivity index (χ2v) is 2.11. The van der Waals surface area contributed by atoms with Crippen LogP contribution in [-0.2, 0) is 0 Å². The molecule has 8 heavy (non-hydrogen) atoms. The van der Waals surface area contributed by atoms with E-state index in [1.54, 1.807) is 13.8 Å². The minimum Gasteiger partial charge on any atom is -0.378 e. The summed E-state index contributed by atoms with van der Waals surface area (Å²) < 4.78 is 0. The average molecular weight is 111 g/mol. The average Bonchev–Trinajstić information content (AvgIpc) is 1.59. The number of hydrogen-bond acceptors (Lipinski definition) is 1. The lowest BCUT2D eigenvalue weighted by molar-refractivity contribution is 0.143. The van der Waals surface area contributed by atoms with E-state index >= 15 is 0 Å². The summed E-state index contributed by atoms with van der Waals surface area (Å²) in [6.45, 7) is 6.80. The second-order valence-electron chi connectivity index (χ2n) is 2.11. The van der Waals surface area contributed by atoms with Gasteiger partial charge < -0.3 is 5.11 Å². The summed E-state index contributed by atoms with van der Waals surface area (Å²) in [7, 11) is 0. The maximum absolute atomic E-state index is 8.95. The van der Waals surface area contributed by atoms with Gasteiger partial charge in [0, 0.05) is 6.42 Å². The molecule has 0 aliphatic rings. The molecule has 0 heterocycles. The van der Waals surface area contributed by atoms with E-state index in [0.29, 0.717) is 6.42 Å². The van der Waals surface area contributed by atoms with E-state index in [4.69, 9.17) is 5.11 Å². The van der Waals surface area contributed by atoms with Crippen molar-refractivity contribution in [3.05, 3.63) is 6.92 Å². The molecule has 0 aromatic heterocycles.